The number of hydrogen-bond donors (Lipinski definition) is 1. The summed E-state index contributed by atoms with van der Waals surface area (Å²) in [4.78, 5) is 1.36. The molecule has 0 radical (unpaired) electrons. The molecule has 1 nitrogen and oxygen atoms in total. The molecule has 0 aromatic heterocycles. The number of thioether (sulfide) groups is 1. The summed E-state index contributed by atoms with van der Waals surface area (Å²) in [6.07, 6.45) is 2.42. The van der Waals surface area contributed by atoms with Crippen molar-refractivity contribution in [3.63, 3.8) is 0 Å². The zero-order chi connectivity index (χ0) is 10.1. The molecule has 2 unspecified atom stereocenters. The Labute approximate surface area is 97.6 Å². The Morgan fingerprint density at radius 3 is 3.00 bits per heavy atom. The molecule has 14 heavy (non-hydrogen) atoms. The Balaban J connectivity index is 2.27. The van der Waals surface area contributed by atoms with E-state index in [2.05, 4.69) is 41.1 Å². The largest absolute Gasteiger partial charge is 0.323 e. The van der Waals surface area contributed by atoms with Crippen LogP contribution in [0.4, 0.5) is 0 Å². The number of rotatable bonds is 2. The second kappa shape index (κ2) is 4.25. The summed E-state index contributed by atoms with van der Waals surface area (Å²) < 4.78 is 1.13. The highest BCUT2D eigenvalue weighted by atomic mass is 79.9. The zero-order valence-corrected chi connectivity index (χ0v) is 10.6. The SMILES string of the molecule is CCCC1Sc2ccc(Br)cc2C1N. The average Bonchev–Trinajstić information content (AvgIpc) is 2.46. The molecule has 0 fully saturated rings. The van der Waals surface area contributed by atoms with E-state index in [4.69, 9.17) is 5.73 Å². The normalized spacial score (nSPS) is 25.1. The smallest absolute Gasteiger partial charge is 0.0430 e. The second-order valence-corrected chi connectivity index (χ2v) is 5.85. The highest BCUT2D eigenvalue weighted by molar-refractivity contribution is 9.10. The lowest BCUT2D eigenvalue weighted by atomic mass is 10.0. The van der Waals surface area contributed by atoms with E-state index in [9.17, 15) is 0 Å². The monoisotopic (exact) mass is 271 g/mol. The molecule has 0 saturated carbocycles. The van der Waals surface area contributed by atoms with Gasteiger partial charge in [-0.15, -0.1) is 11.8 Å². The summed E-state index contributed by atoms with van der Waals surface area (Å²) in [5.41, 5.74) is 7.51. The van der Waals surface area contributed by atoms with Crippen LogP contribution in [0, 0.1) is 0 Å². The maximum atomic E-state index is 6.20. The third-order valence-electron chi connectivity index (χ3n) is 2.58. The van der Waals surface area contributed by atoms with E-state index in [1.165, 1.54) is 23.3 Å². The molecule has 0 saturated heterocycles. The van der Waals surface area contributed by atoms with Gasteiger partial charge in [0.1, 0.15) is 0 Å². The van der Waals surface area contributed by atoms with Crippen molar-refractivity contribution in [2.24, 2.45) is 5.73 Å². The van der Waals surface area contributed by atoms with Gasteiger partial charge in [-0.3, -0.25) is 0 Å². The fourth-order valence-electron chi connectivity index (χ4n) is 1.85. The van der Waals surface area contributed by atoms with Gasteiger partial charge in [-0.1, -0.05) is 29.3 Å². The average molecular weight is 272 g/mol. The van der Waals surface area contributed by atoms with Crippen LogP contribution in [0.1, 0.15) is 31.4 Å². The Hall–Kier alpha value is 0.01000. The number of benzene rings is 1. The van der Waals surface area contributed by atoms with Gasteiger partial charge in [0.25, 0.3) is 0 Å². The minimum absolute atomic E-state index is 0.215. The van der Waals surface area contributed by atoms with Gasteiger partial charge in [-0.05, 0) is 30.2 Å². The van der Waals surface area contributed by atoms with E-state index < -0.39 is 0 Å². The molecule has 3 heteroatoms. The van der Waals surface area contributed by atoms with Crippen LogP contribution >= 0.6 is 27.7 Å². The number of fused-ring (bicyclic) bond motifs is 1. The number of hydrogen-bond acceptors (Lipinski definition) is 2. The van der Waals surface area contributed by atoms with Crippen molar-refractivity contribution >= 4 is 27.7 Å². The van der Waals surface area contributed by atoms with Gasteiger partial charge < -0.3 is 5.73 Å². The molecule has 2 atom stereocenters. The minimum Gasteiger partial charge on any atom is -0.323 e. The summed E-state index contributed by atoms with van der Waals surface area (Å²) in [6, 6.07) is 6.63. The van der Waals surface area contributed by atoms with Crippen molar-refractivity contribution in [1.82, 2.24) is 0 Å². The molecular weight excluding hydrogens is 258 g/mol. The van der Waals surface area contributed by atoms with Crippen LogP contribution in [0.25, 0.3) is 0 Å². The highest BCUT2D eigenvalue weighted by Crippen LogP contribution is 2.45. The number of nitrogens with two attached hydrogens (primary N) is 1. The summed E-state index contributed by atoms with van der Waals surface area (Å²) in [5.74, 6) is 0. The molecule has 2 N–H and O–H groups in total. The van der Waals surface area contributed by atoms with E-state index in [0.717, 1.165) is 4.47 Å². The Morgan fingerprint density at radius 2 is 2.29 bits per heavy atom. The highest BCUT2D eigenvalue weighted by Gasteiger charge is 2.29. The summed E-state index contributed by atoms with van der Waals surface area (Å²) in [7, 11) is 0. The van der Waals surface area contributed by atoms with Crippen LogP contribution in [0.2, 0.25) is 0 Å². The molecule has 0 bridgehead atoms. The topological polar surface area (TPSA) is 26.0 Å². The fourth-order valence-corrected chi connectivity index (χ4v) is 3.68. The molecular formula is C11H14BrNS. The second-order valence-electron chi connectivity index (χ2n) is 3.65. The van der Waals surface area contributed by atoms with E-state index >= 15 is 0 Å². The van der Waals surface area contributed by atoms with Crippen LogP contribution in [0.15, 0.2) is 27.6 Å². The Bertz CT molecular complexity index is 340. The summed E-state index contributed by atoms with van der Waals surface area (Å²) in [5, 5.41) is 0.573. The van der Waals surface area contributed by atoms with Gasteiger partial charge >= 0.3 is 0 Å². The first-order valence-corrected chi connectivity index (χ1v) is 6.61. The lowest BCUT2D eigenvalue weighted by molar-refractivity contribution is 0.630. The van der Waals surface area contributed by atoms with Crippen LogP contribution in [0.5, 0.6) is 0 Å². The predicted molar refractivity (Wildman–Crippen MR) is 65.6 cm³/mol. The maximum Gasteiger partial charge on any atom is 0.0430 e. The molecule has 2 rings (SSSR count). The molecule has 1 aliphatic rings. The first-order chi connectivity index (χ1) is 6.72. The molecule has 0 amide bonds. The van der Waals surface area contributed by atoms with Gasteiger partial charge in [0.2, 0.25) is 0 Å². The molecule has 1 heterocycles. The van der Waals surface area contributed by atoms with E-state index in [1.54, 1.807) is 0 Å². The van der Waals surface area contributed by atoms with Crippen molar-refractivity contribution < 1.29 is 0 Å². The van der Waals surface area contributed by atoms with Crippen LogP contribution in [-0.2, 0) is 0 Å². The van der Waals surface area contributed by atoms with Gasteiger partial charge in [0.05, 0.1) is 0 Å². The number of halogens is 1. The zero-order valence-electron chi connectivity index (χ0n) is 8.16. The molecule has 1 aromatic rings. The fraction of sp³-hybridized carbons (Fsp3) is 0.455. The van der Waals surface area contributed by atoms with Crippen LogP contribution < -0.4 is 5.73 Å². The molecule has 0 aliphatic carbocycles. The van der Waals surface area contributed by atoms with Gasteiger partial charge in [-0.2, -0.15) is 0 Å². The van der Waals surface area contributed by atoms with Crippen molar-refractivity contribution in [2.75, 3.05) is 0 Å². The van der Waals surface area contributed by atoms with Gasteiger partial charge in [0.15, 0.2) is 0 Å². The minimum atomic E-state index is 0.215. The molecule has 0 spiro atoms. The Morgan fingerprint density at radius 1 is 1.50 bits per heavy atom. The molecule has 1 aliphatic heterocycles. The Kier molecular flexibility index (Phi) is 3.20. The van der Waals surface area contributed by atoms with Crippen LogP contribution in [0.3, 0.4) is 0 Å². The third kappa shape index (κ3) is 1.86. The van der Waals surface area contributed by atoms with E-state index in [-0.39, 0.29) is 6.04 Å². The molecule has 76 valence electrons. The quantitative estimate of drug-likeness (QED) is 0.887. The van der Waals surface area contributed by atoms with Gasteiger partial charge in [-0.25, -0.2) is 0 Å². The van der Waals surface area contributed by atoms with Crippen molar-refractivity contribution in [2.45, 2.75) is 36.0 Å². The van der Waals surface area contributed by atoms with Crippen molar-refractivity contribution in [1.29, 1.82) is 0 Å². The third-order valence-corrected chi connectivity index (χ3v) is 4.53. The van der Waals surface area contributed by atoms with Crippen LogP contribution in [-0.4, -0.2) is 5.25 Å². The first-order valence-electron chi connectivity index (χ1n) is 4.94. The summed E-state index contributed by atoms with van der Waals surface area (Å²) in [6.45, 7) is 2.21. The van der Waals surface area contributed by atoms with E-state index in [1.807, 2.05) is 11.8 Å². The summed E-state index contributed by atoms with van der Waals surface area (Å²) >= 11 is 5.42. The lowest BCUT2D eigenvalue weighted by Gasteiger charge is -2.13. The lowest BCUT2D eigenvalue weighted by Crippen LogP contribution is -2.18. The van der Waals surface area contributed by atoms with E-state index in [0.29, 0.717) is 5.25 Å². The van der Waals surface area contributed by atoms with Gasteiger partial charge in [0, 0.05) is 20.7 Å². The predicted octanol–water partition coefficient (Wildman–Crippen LogP) is 3.72. The maximum absolute atomic E-state index is 6.20. The standard InChI is InChI=1S/C11H14BrNS/c1-2-3-10-11(13)8-6-7(12)4-5-9(8)14-10/h4-6,10-11H,2-3,13H2,1H3. The van der Waals surface area contributed by atoms with Crippen molar-refractivity contribution in [3.8, 4) is 0 Å². The van der Waals surface area contributed by atoms with Crippen molar-refractivity contribution in [3.05, 3.63) is 28.2 Å². The first kappa shape index (κ1) is 10.5. The molecule has 1 aromatic carbocycles.